The van der Waals surface area contributed by atoms with Gasteiger partial charge in [0.1, 0.15) is 30.5 Å². The van der Waals surface area contributed by atoms with Gasteiger partial charge in [-0.2, -0.15) is 0 Å². The first-order valence-corrected chi connectivity index (χ1v) is 11.1. The van der Waals surface area contributed by atoms with Crippen molar-refractivity contribution in [1.29, 1.82) is 0 Å². The highest BCUT2D eigenvalue weighted by Gasteiger charge is 2.44. The Balaban J connectivity index is 1.67. The van der Waals surface area contributed by atoms with Crippen LogP contribution in [0.2, 0.25) is 0 Å². The van der Waals surface area contributed by atoms with Crippen LogP contribution in [-0.4, -0.2) is 69.7 Å². The highest BCUT2D eigenvalue weighted by atomic mass is 32.1. The largest absolute Gasteiger partial charge is 0.395 e. The first-order chi connectivity index (χ1) is 15.0. The van der Waals surface area contributed by atoms with Crippen LogP contribution in [0.3, 0.4) is 0 Å². The summed E-state index contributed by atoms with van der Waals surface area (Å²) in [6.45, 7) is -0.250. The van der Waals surface area contributed by atoms with Gasteiger partial charge in [-0.15, -0.1) is 11.3 Å². The van der Waals surface area contributed by atoms with E-state index in [4.69, 9.17) is 4.74 Å². The second kappa shape index (κ2) is 9.62. The average Bonchev–Trinajstić information content (AvgIpc) is 3.19. The van der Waals surface area contributed by atoms with Crippen LogP contribution in [-0.2, 0) is 11.2 Å². The van der Waals surface area contributed by atoms with Crippen LogP contribution >= 0.6 is 11.3 Å². The Morgan fingerprint density at radius 3 is 2.48 bits per heavy atom. The van der Waals surface area contributed by atoms with E-state index in [9.17, 15) is 25.5 Å². The molecule has 0 bridgehead atoms. The van der Waals surface area contributed by atoms with E-state index in [1.165, 1.54) is 15.0 Å². The van der Waals surface area contributed by atoms with Gasteiger partial charge >= 0.3 is 0 Å². The zero-order valence-corrected chi connectivity index (χ0v) is 17.7. The predicted octanol–water partition coefficient (Wildman–Crippen LogP) is 1.41. The van der Waals surface area contributed by atoms with E-state index in [0.717, 1.165) is 5.56 Å². The van der Waals surface area contributed by atoms with Crippen LogP contribution in [0.15, 0.2) is 48.5 Å². The van der Waals surface area contributed by atoms with Gasteiger partial charge in [0.15, 0.2) is 0 Å². The molecule has 8 heteroatoms. The molecule has 7 nitrogen and oxygen atoms in total. The molecule has 1 aromatic heterocycles. The van der Waals surface area contributed by atoms with E-state index in [-0.39, 0.29) is 6.61 Å². The number of benzene rings is 2. The summed E-state index contributed by atoms with van der Waals surface area (Å²) in [4.78, 5) is 1.19. The van der Waals surface area contributed by atoms with E-state index < -0.39 is 37.1 Å². The SMILES string of the molecule is OCCNc1ccc(Cc2cc3ccccc3s2)cc1[C@@H]1O[C@H](CO)[C@@H](O)[C@H](O)[C@H]1O. The molecule has 2 aromatic carbocycles. The molecule has 4 rings (SSSR count). The number of anilines is 1. The van der Waals surface area contributed by atoms with Crippen LogP contribution in [0.4, 0.5) is 5.69 Å². The van der Waals surface area contributed by atoms with Gasteiger partial charge in [0.05, 0.1) is 13.2 Å². The Morgan fingerprint density at radius 2 is 1.74 bits per heavy atom. The number of hydrogen-bond donors (Lipinski definition) is 6. The van der Waals surface area contributed by atoms with Crippen molar-refractivity contribution in [3.63, 3.8) is 0 Å². The van der Waals surface area contributed by atoms with Crippen molar-refractivity contribution < 1.29 is 30.3 Å². The third-order valence-electron chi connectivity index (χ3n) is 5.60. The number of nitrogens with one attached hydrogen (secondary N) is 1. The molecule has 5 atom stereocenters. The summed E-state index contributed by atoms with van der Waals surface area (Å²) in [6, 6.07) is 16.1. The third-order valence-corrected chi connectivity index (χ3v) is 6.71. The molecule has 0 saturated carbocycles. The Bertz CT molecular complexity index is 989. The molecule has 0 aliphatic carbocycles. The normalized spacial score (nSPS) is 26.3. The van der Waals surface area contributed by atoms with Gasteiger partial charge in [-0.25, -0.2) is 0 Å². The number of ether oxygens (including phenoxy) is 1. The minimum Gasteiger partial charge on any atom is -0.395 e. The molecule has 1 aliphatic heterocycles. The van der Waals surface area contributed by atoms with Crippen molar-refractivity contribution in [3.05, 3.63) is 64.5 Å². The lowest BCUT2D eigenvalue weighted by atomic mass is 9.89. The zero-order valence-electron chi connectivity index (χ0n) is 16.9. The van der Waals surface area contributed by atoms with E-state index in [2.05, 4.69) is 23.5 Å². The molecular formula is C23H27NO6S. The molecule has 0 unspecified atom stereocenters. The van der Waals surface area contributed by atoms with Crippen molar-refractivity contribution in [2.75, 3.05) is 25.1 Å². The van der Waals surface area contributed by atoms with Crippen LogP contribution in [0, 0.1) is 0 Å². The molecule has 1 aliphatic rings. The highest BCUT2D eigenvalue weighted by Crippen LogP contribution is 2.37. The lowest BCUT2D eigenvalue weighted by molar-refractivity contribution is -0.231. The van der Waals surface area contributed by atoms with Gasteiger partial charge in [-0.05, 0) is 29.1 Å². The highest BCUT2D eigenvalue weighted by molar-refractivity contribution is 7.19. The van der Waals surface area contributed by atoms with Crippen molar-refractivity contribution >= 4 is 27.1 Å². The van der Waals surface area contributed by atoms with Crippen molar-refractivity contribution in [1.82, 2.24) is 0 Å². The number of thiophene rings is 1. The molecule has 1 saturated heterocycles. The molecular weight excluding hydrogens is 418 g/mol. The Morgan fingerprint density at radius 1 is 0.935 bits per heavy atom. The van der Waals surface area contributed by atoms with Crippen molar-refractivity contribution in [2.45, 2.75) is 36.9 Å². The summed E-state index contributed by atoms with van der Waals surface area (Å²) in [5.41, 5.74) is 2.25. The Labute approximate surface area is 184 Å². The number of aliphatic hydroxyl groups excluding tert-OH is 5. The average molecular weight is 446 g/mol. The van der Waals surface area contributed by atoms with Gasteiger partial charge in [-0.1, -0.05) is 30.3 Å². The van der Waals surface area contributed by atoms with Crippen LogP contribution in [0.5, 0.6) is 0 Å². The minimum absolute atomic E-state index is 0.0718. The summed E-state index contributed by atoms with van der Waals surface area (Å²) in [6.07, 6.45) is -5.48. The molecule has 0 spiro atoms. The van der Waals surface area contributed by atoms with Gasteiger partial charge < -0.3 is 35.6 Å². The summed E-state index contributed by atoms with van der Waals surface area (Å²) in [5, 5.41) is 54.0. The second-order valence-electron chi connectivity index (χ2n) is 7.75. The van der Waals surface area contributed by atoms with E-state index in [1.54, 1.807) is 11.3 Å². The first-order valence-electron chi connectivity index (χ1n) is 10.3. The summed E-state index contributed by atoms with van der Waals surface area (Å²) >= 11 is 1.72. The maximum Gasteiger partial charge on any atom is 0.114 e. The molecule has 2 heterocycles. The van der Waals surface area contributed by atoms with E-state index in [1.807, 2.05) is 30.3 Å². The standard InChI is InChI=1S/C23H27NO6S/c25-8-7-24-17-6-5-13(9-15-11-14-3-1-2-4-19(14)31-15)10-16(17)23-22(29)21(28)20(27)18(12-26)30-23/h1-6,10-11,18,20-29H,7-9,12H2/t18-,20-,21+,22-,23+/m1/s1. The topological polar surface area (TPSA) is 122 Å². The summed E-state index contributed by atoms with van der Waals surface area (Å²) in [5.74, 6) is 0. The van der Waals surface area contributed by atoms with Gasteiger partial charge in [0.25, 0.3) is 0 Å². The molecule has 31 heavy (non-hydrogen) atoms. The van der Waals surface area contributed by atoms with Crippen molar-refractivity contribution in [2.24, 2.45) is 0 Å². The van der Waals surface area contributed by atoms with Gasteiger partial charge in [0.2, 0.25) is 0 Å². The quantitative estimate of drug-likeness (QED) is 0.325. The minimum atomic E-state index is -1.45. The smallest absolute Gasteiger partial charge is 0.114 e. The molecule has 1 fully saturated rings. The molecule has 0 amide bonds. The fourth-order valence-electron chi connectivity index (χ4n) is 3.99. The molecule has 3 aromatic rings. The monoisotopic (exact) mass is 445 g/mol. The van der Waals surface area contributed by atoms with E-state index >= 15 is 0 Å². The molecule has 0 radical (unpaired) electrons. The maximum absolute atomic E-state index is 10.6. The summed E-state index contributed by atoms with van der Waals surface area (Å²) < 4.78 is 7.00. The maximum atomic E-state index is 10.6. The number of fused-ring (bicyclic) bond motifs is 1. The fraction of sp³-hybridized carbons (Fsp3) is 0.391. The lowest BCUT2D eigenvalue weighted by Crippen LogP contribution is -2.55. The van der Waals surface area contributed by atoms with E-state index in [0.29, 0.717) is 24.2 Å². The fourth-order valence-corrected chi connectivity index (χ4v) is 5.09. The zero-order chi connectivity index (χ0) is 22.0. The molecule has 166 valence electrons. The van der Waals surface area contributed by atoms with Crippen LogP contribution < -0.4 is 5.32 Å². The van der Waals surface area contributed by atoms with Gasteiger partial charge in [-0.3, -0.25) is 0 Å². The Kier molecular flexibility index (Phi) is 6.88. The van der Waals surface area contributed by atoms with Crippen LogP contribution in [0.25, 0.3) is 10.1 Å². The molecule has 6 N–H and O–H groups in total. The van der Waals surface area contributed by atoms with Crippen molar-refractivity contribution in [3.8, 4) is 0 Å². The number of aliphatic hydroxyl groups is 5. The summed E-state index contributed by atoms with van der Waals surface area (Å²) in [7, 11) is 0. The van der Waals surface area contributed by atoms with Crippen LogP contribution in [0.1, 0.15) is 22.1 Å². The second-order valence-corrected chi connectivity index (χ2v) is 8.92. The third kappa shape index (κ3) is 4.61. The van der Waals surface area contributed by atoms with Gasteiger partial charge in [0, 0.05) is 33.8 Å². The first kappa shape index (κ1) is 22.2. The Hall–Kier alpha value is -2.04. The lowest BCUT2D eigenvalue weighted by Gasteiger charge is -2.40. The number of hydrogen-bond acceptors (Lipinski definition) is 8. The number of rotatable bonds is 7. The predicted molar refractivity (Wildman–Crippen MR) is 119 cm³/mol.